The highest BCUT2D eigenvalue weighted by molar-refractivity contribution is 7.90. The highest BCUT2D eigenvalue weighted by Gasteiger charge is 2.41. The summed E-state index contributed by atoms with van der Waals surface area (Å²) in [5.41, 5.74) is 1.96. The SMILES string of the molecule is O=S(=O)(C1CC1)N1CCCn2nnc(CN3CCCCC3)c2C1. The van der Waals surface area contributed by atoms with Gasteiger partial charge in [0.1, 0.15) is 5.69 Å². The van der Waals surface area contributed by atoms with Crippen molar-refractivity contribution in [3.05, 3.63) is 11.4 Å². The first-order valence-corrected chi connectivity index (χ1v) is 10.3. The maximum atomic E-state index is 12.6. The highest BCUT2D eigenvalue weighted by atomic mass is 32.2. The molecule has 23 heavy (non-hydrogen) atoms. The zero-order valence-corrected chi connectivity index (χ0v) is 14.3. The fourth-order valence-electron chi connectivity index (χ4n) is 3.61. The largest absolute Gasteiger partial charge is 0.297 e. The number of piperidine rings is 1. The molecule has 0 spiro atoms. The van der Waals surface area contributed by atoms with Gasteiger partial charge < -0.3 is 0 Å². The van der Waals surface area contributed by atoms with E-state index >= 15 is 0 Å². The predicted octanol–water partition coefficient (Wildman–Crippen LogP) is 0.962. The van der Waals surface area contributed by atoms with E-state index in [1.165, 1.54) is 19.3 Å². The molecular formula is C15H25N5O2S. The molecule has 0 atom stereocenters. The third-order valence-electron chi connectivity index (χ3n) is 5.15. The Morgan fingerprint density at radius 3 is 2.52 bits per heavy atom. The van der Waals surface area contributed by atoms with E-state index in [-0.39, 0.29) is 5.25 Å². The summed E-state index contributed by atoms with van der Waals surface area (Å²) in [6.45, 7) is 4.82. The van der Waals surface area contributed by atoms with Crippen LogP contribution in [0.5, 0.6) is 0 Å². The smallest absolute Gasteiger partial charge is 0.217 e. The number of aryl methyl sites for hydroxylation is 1. The van der Waals surface area contributed by atoms with Gasteiger partial charge >= 0.3 is 0 Å². The molecule has 1 aliphatic carbocycles. The van der Waals surface area contributed by atoms with Crippen molar-refractivity contribution in [2.45, 2.75) is 63.4 Å². The van der Waals surface area contributed by atoms with E-state index < -0.39 is 10.0 Å². The fraction of sp³-hybridized carbons (Fsp3) is 0.867. The summed E-state index contributed by atoms with van der Waals surface area (Å²) >= 11 is 0. The minimum Gasteiger partial charge on any atom is -0.297 e. The molecule has 8 heteroatoms. The van der Waals surface area contributed by atoms with Crippen LogP contribution in [0.3, 0.4) is 0 Å². The van der Waals surface area contributed by atoms with Crippen molar-refractivity contribution < 1.29 is 8.42 Å². The van der Waals surface area contributed by atoms with Crippen molar-refractivity contribution in [1.29, 1.82) is 0 Å². The summed E-state index contributed by atoms with van der Waals surface area (Å²) in [4.78, 5) is 2.42. The van der Waals surface area contributed by atoms with Gasteiger partial charge in [0, 0.05) is 19.6 Å². The number of aromatic nitrogens is 3. The van der Waals surface area contributed by atoms with Gasteiger partial charge in [0.05, 0.1) is 17.5 Å². The lowest BCUT2D eigenvalue weighted by Gasteiger charge is -2.26. The van der Waals surface area contributed by atoms with E-state index in [9.17, 15) is 8.42 Å². The first-order valence-electron chi connectivity index (χ1n) is 8.77. The Bertz CT molecular complexity index is 661. The summed E-state index contributed by atoms with van der Waals surface area (Å²) in [6.07, 6.45) is 6.24. The zero-order valence-electron chi connectivity index (χ0n) is 13.5. The molecule has 0 aromatic carbocycles. The predicted molar refractivity (Wildman–Crippen MR) is 86.1 cm³/mol. The summed E-state index contributed by atoms with van der Waals surface area (Å²) in [5, 5.41) is 8.49. The van der Waals surface area contributed by atoms with Crippen molar-refractivity contribution in [2.75, 3.05) is 19.6 Å². The lowest BCUT2D eigenvalue weighted by atomic mass is 10.1. The molecule has 0 amide bonds. The second-order valence-electron chi connectivity index (χ2n) is 6.97. The van der Waals surface area contributed by atoms with Crippen molar-refractivity contribution in [3.63, 3.8) is 0 Å². The number of hydrogen-bond donors (Lipinski definition) is 0. The minimum atomic E-state index is -3.13. The summed E-state index contributed by atoms with van der Waals surface area (Å²) < 4.78 is 28.8. The molecule has 3 heterocycles. The third kappa shape index (κ3) is 3.16. The average molecular weight is 339 g/mol. The lowest BCUT2D eigenvalue weighted by Crippen LogP contribution is -2.34. The third-order valence-corrected chi connectivity index (χ3v) is 7.49. The number of hydrogen-bond acceptors (Lipinski definition) is 5. The van der Waals surface area contributed by atoms with E-state index in [1.807, 2.05) is 4.68 Å². The Morgan fingerprint density at radius 1 is 1.00 bits per heavy atom. The van der Waals surface area contributed by atoms with Crippen LogP contribution in [0.1, 0.15) is 49.9 Å². The van der Waals surface area contributed by atoms with Crippen LogP contribution in [0, 0.1) is 0 Å². The van der Waals surface area contributed by atoms with E-state index in [2.05, 4.69) is 15.2 Å². The second-order valence-corrected chi connectivity index (χ2v) is 9.19. The number of likely N-dealkylation sites (tertiary alicyclic amines) is 1. The van der Waals surface area contributed by atoms with Crippen LogP contribution in [-0.4, -0.2) is 57.5 Å². The summed E-state index contributed by atoms with van der Waals surface area (Å²) in [6, 6.07) is 0. The summed E-state index contributed by atoms with van der Waals surface area (Å²) in [7, 11) is -3.13. The maximum absolute atomic E-state index is 12.6. The molecule has 0 bridgehead atoms. The molecule has 2 fully saturated rings. The van der Waals surface area contributed by atoms with Crippen molar-refractivity contribution in [2.24, 2.45) is 0 Å². The number of sulfonamides is 1. The molecule has 0 N–H and O–H groups in total. The van der Waals surface area contributed by atoms with Crippen LogP contribution >= 0.6 is 0 Å². The van der Waals surface area contributed by atoms with Gasteiger partial charge in [-0.3, -0.25) is 4.90 Å². The highest BCUT2D eigenvalue weighted by Crippen LogP contribution is 2.32. The van der Waals surface area contributed by atoms with Gasteiger partial charge in [-0.15, -0.1) is 5.10 Å². The first-order chi connectivity index (χ1) is 11.1. The minimum absolute atomic E-state index is 0.143. The molecule has 0 radical (unpaired) electrons. The van der Waals surface area contributed by atoms with Gasteiger partial charge in [-0.25, -0.2) is 13.1 Å². The molecule has 2 aliphatic heterocycles. The topological polar surface area (TPSA) is 71.3 Å². The van der Waals surface area contributed by atoms with Gasteiger partial charge in [0.15, 0.2) is 0 Å². The molecule has 1 aromatic heterocycles. The van der Waals surface area contributed by atoms with Gasteiger partial charge in [-0.1, -0.05) is 11.6 Å². The van der Waals surface area contributed by atoms with Crippen LogP contribution in [0.15, 0.2) is 0 Å². The molecule has 0 unspecified atom stereocenters. The lowest BCUT2D eigenvalue weighted by molar-refractivity contribution is 0.217. The molecular weight excluding hydrogens is 314 g/mol. The second kappa shape index (κ2) is 6.14. The fourth-order valence-corrected chi connectivity index (χ4v) is 5.45. The molecule has 128 valence electrons. The van der Waals surface area contributed by atoms with Crippen LogP contribution in [-0.2, 0) is 29.7 Å². The van der Waals surface area contributed by atoms with E-state index in [1.54, 1.807) is 4.31 Å². The van der Waals surface area contributed by atoms with Gasteiger partial charge in [-0.2, -0.15) is 4.31 Å². The normalized spacial score (nSPS) is 24.3. The van der Waals surface area contributed by atoms with Crippen LogP contribution < -0.4 is 0 Å². The van der Waals surface area contributed by atoms with Crippen LogP contribution in [0.25, 0.3) is 0 Å². The van der Waals surface area contributed by atoms with E-state index in [4.69, 9.17) is 0 Å². The van der Waals surface area contributed by atoms with Gasteiger partial charge in [-0.05, 0) is 45.2 Å². The maximum Gasteiger partial charge on any atom is 0.217 e. The van der Waals surface area contributed by atoms with Crippen molar-refractivity contribution in [3.8, 4) is 0 Å². The van der Waals surface area contributed by atoms with Gasteiger partial charge in [0.25, 0.3) is 0 Å². The molecule has 1 aromatic rings. The number of rotatable bonds is 4. The summed E-state index contributed by atoms with van der Waals surface area (Å²) in [5.74, 6) is 0. The zero-order chi connectivity index (χ0) is 15.9. The Kier molecular flexibility index (Phi) is 4.15. The Morgan fingerprint density at radius 2 is 1.78 bits per heavy atom. The van der Waals surface area contributed by atoms with Crippen LogP contribution in [0.4, 0.5) is 0 Å². The standard InChI is InChI=1S/C15H25N5O2S/c21-23(22,13-5-6-13)19-9-4-10-20-15(12-19)14(16-17-20)11-18-7-2-1-3-8-18/h13H,1-12H2. The van der Waals surface area contributed by atoms with E-state index in [0.717, 1.165) is 56.8 Å². The molecule has 3 aliphatic rings. The Balaban J connectivity index is 1.54. The molecule has 4 rings (SSSR count). The van der Waals surface area contributed by atoms with Crippen molar-refractivity contribution >= 4 is 10.0 Å². The number of fused-ring (bicyclic) bond motifs is 1. The number of nitrogens with zero attached hydrogens (tertiary/aromatic N) is 5. The molecule has 1 saturated heterocycles. The average Bonchev–Trinajstić information content (AvgIpc) is 3.36. The molecule has 1 saturated carbocycles. The quantitative estimate of drug-likeness (QED) is 0.817. The Hall–Kier alpha value is -0.990. The Labute approximate surface area is 137 Å². The monoisotopic (exact) mass is 339 g/mol. The first kappa shape index (κ1) is 15.5. The van der Waals surface area contributed by atoms with E-state index in [0.29, 0.717) is 13.1 Å². The van der Waals surface area contributed by atoms with Crippen molar-refractivity contribution in [1.82, 2.24) is 24.2 Å². The van der Waals surface area contributed by atoms with Crippen LogP contribution in [0.2, 0.25) is 0 Å². The molecule has 7 nitrogen and oxygen atoms in total. The van der Waals surface area contributed by atoms with Gasteiger partial charge in [0.2, 0.25) is 10.0 Å².